The van der Waals surface area contributed by atoms with Crippen molar-refractivity contribution in [2.75, 3.05) is 18.5 Å². The van der Waals surface area contributed by atoms with Crippen molar-refractivity contribution in [3.8, 4) is 0 Å². The van der Waals surface area contributed by atoms with Crippen molar-refractivity contribution in [1.29, 1.82) is 0 Å². The zero-order valence-corrected chi connectivity index (χ0v) is 21.5. The Kier molecular flexibility index (Phi) is 10.4. The number of rotatable bonds is 10. The number of unbranched alkanes of at least 4 members (excludes halogenated alkanes) is 1. The highest BCUT2D eigenvalue weighted by Crippen LogP contribution is 2.14. The normalized spacial score (nSPS) is 11.0. The van der Waals surface area contributed by atoms with Crippen LogP contribution in [0.4, 0.5) is 15.3 Å². The van der Waals surface area contributed by atoms with Crippen LogP contribution in [-0.4, -0.2) is 49.9 Å². The first kappa shape index (κ1) is 28.0. The van der Waals surface area contributed by atoms with Crippen molar-refractivity contribution in [1.82, 2.24) is 14.3 Å². The quantitative estimate of drug-likeness (QED) is 0.214. The fraction of sp³-hybridized carbons (Fsp3) is 0.348. The first-order valence-electron chi connectivity index (χ1n) is 10.9. The summed E-state index contributed by atoms with van der Waals surface area (Å²) in [6, 6.07) is 10.7. The van der Waals surface area contributed by atoms with Gasteiger partial charge in [-0.3, -0.25) is 4.31 Å². The second-order valence-electron chi connectivity index (χ2n) is 7.97. The van der Waals surface area contributed by atoms with Gasteiger partial charge < -0.3 is 15.4 Å². The molecule has 0 unspecified atom stereocenters. The molecule has 0 heterocycles. The first-order valence-corrected chi connectivity index (χ1v) is 12.8. The second kappa shape index (κ2) is 13.0. The average molecular weight is 523 g/mol. The van der Waals surface area contributed by atoms with Crippen LogP contribution in [0.25, 0.3) is 0 Å². The molecule has 0 radical (unpaired) electrons. The maximum atomic E-state index is 12.3. The third-order valence-electron chi connectivity index (χ3n) is 4.69. The second-order valence-corrected chi connectivity index (χ2v) is 10.1. The van der Waals surface area contributed by atoms with Crippen LogP contribution < -0.4 is 15.4 Å². The maximum absolute atomic E-state index is 12.3. The maximum Gasteiger partial charge on any atom is 0.338 e. The molecule has 0 bridgehead atoms. The van der Waals surface area contributed by atoms with E-state index in [1.54, 1.807) is 12.1 Å². The van der Waals surface area contributed by atoms with Crippen molar-refractivity contribution in [3.05, 3.63) is 59.7 Å². The minimum absolute atomic E-state index is 0.0341. The number of benzene rings is 2. The molecule has 0 aliphatic heterocycles. The number of nitrogens with zero attached hydrogens (tertiary/aromatic N) is 1. The number of carbonyl (C=O) groups is 3. The Bertz CT molecular complexity index is 1140. The van der Waals surface area contributed by atoms with Gasteiger partial charge in [-0.05, 0) is 63.9 Å². The zero-order valence-electron chi connectivity index (χ0n) is 19.8. The third-order valence-corrected chi connectivity index (χ3v) is 6.68. The van der Waals surface area contributed by atoms with Crippen LogP contribution in [-0.2, 0) is 14.8 Å². The summed E-state index contributed by atoms with van der Waals surface area (Å²) >= 11 is 4.09. The summed E-state index contributed by atoms with van der Waals surface area (Å²) < 4.78 is 33.1. The summed E-state index contributed by atoms with van der Waals surface area (Å²) in [5, 5.41) is 5.12. The Hall–Kier alpha value is -3.25. The lowest BCUT2D eigenvalue weighted by Gasteiger charge is -2.20. The number of ether oxygens (including phenoxy) is 1. The molecule has 0 aliphatic rings. The van der Waals surface area contributed by atoms with Gasteiger partial charge in [0.15, 0.2) is 0 Å². The lowest BCUT2D eigenvalue weighted by Crippen LogP contribution is -2.38. The molecule has 35 heavy (non-hydrogen) atoms. The molecule has 0 spiro atoms. The monoisotopic (exact) mass is 522 g/mol. The topological polar surface area (TPSA) is 134 Å². The molecular weight excluding hydrogens is 492 g/mol. The number of hydrogen-bond acceptors (Lipinski definition) is 7. The van der Waals surface area contributed by atoms with E-state index in [1.807, 2.05) is 25.5 Å². The molecule has 4 amide bonds. The number of anilines is 1. The molecule has 190 valence electrons. The van der Waals surface area contributed by atoms with Gasteiger partial charge in [-0.15, -0.1) is 0 Å². The fourth-order valence-corrected chi connectivity index (χ4v) is 3.74. The number of aryl methyl sites for hydroxylation is 1. The minimum atomic E-state index is -4.04. The van der Waals surface area contributed by atoms with Crippen LogP contribution in [0.1, 0.15) is 42.6 Å². The van der Waals surface area contributed by atoms with Crippen molar-refractivity contribution in [2.45, 2.75) is 44.6 Å². The van der Waals surface area contributed by atoms with Gasteiger partial charge in [0.2, 0.25) is 0 Å². The molecule has 0 fully saturated rings. The van der Waals surface area contributed by atoms with E-state index in [9.17, 15) is 22.8 Å². The van der Waals surface area contributed by atoms with Crippen LogP contribution in [0.15, 0.2) is 53.4 Å². The highest BCUT2D eigenvalue weighted by atomic mass is 32.2. The highest BCUT2D eigenvalue weighted by Gasteiger charge is 2.18. The van der Waals surface area contributed by atoms with Crippen molar-refractivity contribution in [3.63, 3.8) is 0 Å². The predicted octanol–water partition coefficient (Wildman–Crippen LogP) is 3.71. The Morgan fingerprint density at radius 2 is 1.74 bits per heavy atom. The van der Waals surface area contributed by atoms with E-state index < -0.39 is 22.0 Å². The highest BCUT2D eigenvalue weighted by molar-refractivity contribution is 7.90. The molecule has 2 rings (SSSR count). The van der Waals surface area contributed by atoms with Crippen molar-refractivity contribution >= 4 is 46.6 Å². The Morgan fingerprint density at radius 1 is 1.06 bits per heavy atom. The predicted molar refractivity (Wildman–Crippen MR) is 136 cm³/mol. The van der Waals surface area contributed by atoms with E-state index in [1.165, 1.54) is 40.7 Å². The van der Waals surface area contributed by atoms with Crippen LogP contribution in [0.5, 0.6) is 0 Å². The number of nitrogens with one attached hydrogen (secondary N) is 3. The van der Waals surface area contributed by atoms with Gasteiger partial charge >= 0.3 is 18.0 Å². The smallest absolute Gasteiger partial charge is 0.338 e. The number of esters is 1. The molecule has 2 aromatic rings. The summed E-state index contributed by atoms with van der Waals surface area (Å²) in [6.45, 7) is 6.07. The van der Waals surface area contributed by atoms with Gasteiger partial charge in [0.1, 0.15) is 0 Å². The summed E-state index contributed by atoms with van der Waals surface area (Å²) in [5.74, 6) is -0.591. The third kappa shape index (κ3) is 9.13. The molecule has 0 atom stereocenters. The van der Waals surface area contributed by atoms with Gasteiger partial charge in [-0.25, -0.2) is 27.5 Å². The number of amides is 4. The summed E-state index contributed by atoms with van der Waals surface area (Å²) in [6.07, 6.45) is 1.15. The van der Waals surface area contributed by atoms with Crippen molar-refractivity contribution < 1.29 is 27.5 Å². The fourth-order valence-electron chi connectivity index (χ4n) is 2.77. The average Bonchev–Trinajstić information content (AvgIpc) is 2.80. The van der Waals surface area contributed by atoms with E-state index in [2.05, 4.69) is 23.4 Å². The Labute approximate surface area is 211 Å². The molecule has 12 heteroatoms. The van der Waals surface area contributed by atoms with Crippen LogP contribution >= 0.6 is 12.8 Å². The molecule has 0 aromatic heterocycles. The number of urea groups is 2. The molecular formula is C23H30N4O6S2. The molecule has 0 aliphatic carbocycles. The molecule has 2 aromatic carbocycles. The number of carbonyl (C=O) groups excluding carboxylic acids is 3. The van der Waals surface area contributed by atoms with Gasteiger partial charge in [0.05, 0.1) is 17.1 Å². The van der Waals surface area contributed by atoms with Gasteiger partial charge in [-0.1, -0.05) is 36.6 Å². The van der Waals surface area contributed by atoms with Gasteiger partial charge in [0, 0.05) is 18.3 Å². The van der Waals surface area contributed by atoms with E-state index in [0.29, 0.717) is 19.4 Å². The molecule has 3 N–H and O–H groups in total. The van der Waals surface area contributed by atoms with Crippen LogP contribution in [0, 0.1) is 6.92 Å². The van der Waals surface area contributed by atoms with E-state index in [0.717, 1.165) is 5.56 Å². The standard InChI is InChI=1S/C23H30N4O6S2/c1-16(2)27(34)23(30)24-13-4-5-14-33-21(28)18-7-6-8-19(15-18)25-22(29)26-35(31,32)20-11-9-17(3)10-12-20/h6-12,15-16,34H,4-5,13-14H2,1-3H3,(H,24,30)(H2,25,26,29). The van der Waals surface area contributed by atoms with Crippen molar-refractivity contribution in [2.24, 2.45) is 0 Å². The Morgan fingerprint density at radius 3 is 2.40 bits per heavy atom. The van der Waals surface area contributed by atoms with Crippen LogP contribution in [0.2, 0.25) is 0 Å². The first-order chi connectivity index (χ1) is 16.5. The van der Waals surface area contributed by atoms with Gasteiger partial charge in [0.25, 0.3) is 10.0 Å². The lowest BCUT2D eigenvalue weighted by molar-refractivity contribution is 0.0498. The number of hydrogen-bond donors (Lipinski definition) is 4. The zero-order chi connectivity index (χ0) is 26.0. The Balaban J connectivity index is 1.80. The largest absolute Gasteiger partial charge is 0.462 e. The van der Waals surface area contributed by atoms with E-state index in [-0.39, 0.29) is 34.8 Å². The summed E-state index contributed by atoms with van der Waals surface area (Å²) in [7, 11) is -4.04. The van der Waals surface area contributed by atoms with E-state index in [4.69, 9.17) is 4.74 Å². The number of sulfonamides is 1. The summed E-state index contributed by atoms with van der Waals surface area (Å²) in [4.78, 5) is 36.2. The van der Waals surface area contributed by atoms with E-state index >= 15 is 0 Å². The molecule has 10 nitrogen and oxygen atoms in total. The summed E-state index contributed by atoms with van der Waals surface area (Å²) in [5.41, 5.74) is 1.30. The molecule has 0 saturated carbocycles. The SMILES string of the molecule is Cc1ccc(S(=O)(=O)NC(=O)Nc2cccc(C(=O)OCCCCNC(=O)N(S)C(C)C)c2)cc1. The lowest BCUT2D eigenvalue weighted by atomic mass is 10.2. The van der Waals surface area contributed by atoms with Gasteiger partial charge in [-0.2, -0.15) is 0 Å². The van der Waals surface area contributed by atoms with Crippen LogP contribution in [0.3, 0.4) is 0 Å². The number of thiol groups is 1. The molecule has 0 saturated heterocycles. The minimum Gasteiger partial charge on any atom is -0.462 e.